The molecule has 0 saturated heterocycles. The number of hydrogen-bond acceptors (Lipinski definition) is 10. The van der Waals surface area contributed by atoms with E-state index in [4.69, 9.17) is 30.7 Å². The molecule has 0 radical (unpaired) electrons. The molecule has 3 aromatic rings. The lowest BCUT2D eigenvalue weighted by Crippen LogP contribution is -2.25. The number of thiophene rings is 1. The van der Waals surface area contributed by atoms with Gasteiger partial charge >= 0.3 is 7.60 Å². The van der Waals surface area contributed by atoms with E-state index in [2.05, 4.69) is 0 Å². The number of rotatable bonds is 14. The Morgan fingerprint density at radius 2 is 1.70 bits per heavy atom. The minimum absolute atomic E-state index is 0.0579. The van der Waals surface area contributed by atoms with E-state index < -0.39 is 62.8 Å². The minimum Gasteiger partial charge on any atom is -0.487 e. The second-order valence-corrected chi connectivity index (χ2v) is 13.0. The summed E-state index contributed by atoms with van der Waals surface area (Å²) in [7, 11) is -9.34. The van der Waals surface area contributed by atoms with E-state index in [1.807, 2.05) is 4.72 Å². The largest absolute Gasteiger partial charge is 0.487 e. The van der Waals surface area contributed by atoms with Crippen LogP contribution in [0.1, 0.15) is 24.0 Å². The zero-order chi connectivity index (χ0) is 29.7. The molecule has 2 aromatic carbocycles. The summed E-state index contributed by atoms with van der Waals surface area (Å²) in [6, 6.07) is 4.34. The van der Waals surface area contributed by atoms with Gasteiger partial charge in [0.25, 0.3) is 10.0 Å². The molecule has 0 bridgehead atoms. The molecule has 40 heavy (non-hydrogen) atoms. The maximum Gasteiger partial charge on any atom is 0.391 e. The fraction of sp³-hybridized carbons (Fsp3) is 0.348. The van der Waals surface area contributed by atoms with Crippen LogP contribution in [0.4, 0.5) is 13.2 Å². The Kier molecular flexibility index (Phi) is 10.4. The molecule has 0 aliphatic heterocycles. The Morgan fingerprint density at radius 3 is 2.25 bits per heavy atom. The molecule has 1 unspecified atom stereocenters. The van der Waals surface area contributed by atoms with E-state index in [1.54, 1.807) is 6.07 Å². The Morgan fingerprint density at radius 1 is 1.10 bits per heavy atom. The van der Waals surface area contributed by atoms with Gasteiger partial charge in [0, 0.05) is 11.5 Å². The summed E-state index contributed by atoms with van der Waals surface area (Å²) in [4.78, 5) is 10.1. The second kappa shape index (κ2) is 13.2. The zero-order valence-electron chi connectivity index (χ0n) is 21.1. The van der Waals surface area contributed by atoms with Crippen LogP contribution in [0.15, 0.2) is 22.4 Å². The van der Waals surface area contributed by atoms with Crippen LogP contribution in [0.25, 0.3) is 10.1 Å². The molecule has 0 aliphatic carbocycles. The Labute approximate surface area is 232 Å². The van der Waals surface area contributed by atoms with Gasteiger partial charge in [0.2, 0.25) is 11.5 Å². The Bertz CT molecular complexity index is 1600. The summed E-state index contributed by atoms with van der Waals surface area (Å²) in [5, 5.41) is 8.41. The van der Waals surface area contributed by atoms with Crippen LogP contribution in [0.2, 0.25) is 0 Å². The summed E-state index contributed by atoms with van der Waals surface area (Å²) < 4.78 is 100. The smallest absolute Gasteiger partial charge is 0.391 e. The lowest BCUT2D eigenvalue weighted by atomic mass is 10.1. The normalized spacial score (nSPS) is 13.2. The molecule has 218 valence electrons. The van der Waals surface area contributed by atoms with Crippen molar-refractivity contribution in [2.75, 3.05) is 32.6 Å². The van der Waals surface area contributed by atoms with E-state index in [0.29, 0.717) is 30.2 Å². The molecule has 0 spiro atoms. The van der Waals surface area contributed by atoms with Gasteiger partial charge in [-0.3, -0.25) is 0 Å². The van der Waals surface area contributed by atoms with Gasteiger partial charge in [-0.2, -0.15) is 9.98 Å². The monoisotopic (exact) mass is 622 g/mol. The van der Waals surface area contributed by atoms with Crippen LogP contribution in [0.5, 0.6) is 17.2 Å². The Balaban J connectivity index is 1.94. The van der Waals surface area contributed by atoms with Crippen molar-refractivity contribution in [3.8, 4) is 23.3 Å². The average molecular weight is 623 g/mol. The molecule has 6 N–H and O–H groups in total. The molecule has 1 aromatic heterocycles. The van der Waals surface area contributed by atoms with E-state index in [9.17, 15) is 22.3 Å². The van der Waals surface area contributed by atoms with Crippen molar-refractivity contribution in [2.24, 2.45) is 11.5 Å². The van der Waals surface area contributed by atoms with Crippen molar-refractivity contribution >= 4 is 39.0 Å². The van der Waals surface area contributed by atoms with Crippen LogP contribution < -0.4 is 30.2 Å². The number of hydrogen-bond donors (Lipinski definition) is 4. The van der Waals surface area contributed by atoms with Crippen LogP contribution in [0, 0.1) is 35.7 Å². The first-order valence-electron chi connectivity index (χ1n) is 11.7. The maximum absolute atomic E-state index is 15.6. The molecule has 0 amide bonds. The van der Waals surface area contributed by atoms with Gasteiger partial charge in [-0.05, 0) is 50.6 Å². The quantitative estimate of drug-likeness (QED) is 0.153. The average Bonchev–Trinajstić information content (AvgIpc) is 3.26. The van der Waals surface area contributed by atoms with Gasteiger partial charge < -0.3 is 30.4 Å². The molecular weight excluding hydrogens is 596 g/mol. The van der Waals surface area contributed by atoms with E-state index in [1.165, 1.54) is 6.92 Å². The van der Waals surface area contributed by atoms with Crippen molar-refractivity contribution < 1.29 is 45.0 Å². The highest BCUT2D eigenvalue weighted by atomic mass is 32.2. The lowest BCUT2D eigenvalue weighted by molar-refractivity contribution is 0.247. The van der Waals surface area contributed by atoms with E-state index in [-0.39, 0.29) is 47.5 Å². The van der Waals surface area contributed by atoms with Gasteiger partial charge in [-0.15, -0.1) is 11.3 Å². The van der Waals surface area contributed by atoms with Gasteiger partial charge in [0.05, 0.1) is 23.5 Å². The number of fused-ring (bicyclic) bond motifs is 1. The predicted molar refractivity (Wildman–Crippen MR) is 142 cm³/mol. The van der Waals surface area contributed by atoms with Gasteiger partial charge in [0.1, 0.15) is 28.1 Å². The van der Waals surface area contributed by atoms with Crippen molar-refractivity contribution in [3.63, 3.8) is 0 Å². The number of nitrogens with zero attached hydrogens (tertiary/aromatic N) is 1. The van der Waals surface area contributed by atoms with Gasteiger partial charge in [-0.1, -0.05) is 0 Å². The van der Waals surface area contributed by atoms with Gasteiger partial charge in [0.15, 0.2) is 11.6 Å². The summed E-state index contributed by atoms with van der Waals surface area (Å²) in [6.45, 7) is 1.57. The molecule has 11 nitrogen and oxygen atoms in total. The maximum atomic E-state index is 15.6. The highest BCUT2D eigenvalue weighted by Crippen LogP contribution is 2.47. The summed E-state index contributed by atoms with van der Waals surface area (Å²) in [5.74, 6) is -4.63. The number of aryl methyl sites for hydroxylation is 1. The minimum atomic E-state index is -4.73. The topological polar surface area (TPSA) is 187 Å². The number of ether oxygens (including phenoxy) is 2. The van der Waals surface area contributed by atoms with Crippen molar-refractivity contribution in [1.82, 2.24) is 4.72 Å². The number of halogens is 3. The number of nitrogens with two attached hydrogens (primary N) is 2. The highest BCUT2D eigenvalue weighted by molar-refractivity contribution is 7.92. The third-order valence-electron chi connectivity index (χ3n) is 5.32. The first-order valence-corrected chi connectivity index (χ1v) is 15.7. The molecule has 1 heterocycles. The molecule has 17 heteroatoms. The first kappa shape index (κ1) is 31.6. The number of nitrogens with one attached hydrogen (secondary N) is 1. The molecule has 1 atom stereocenters. The van der Waals surface area contributed by atoms with Crippen molar-refractivity contribution in [3.05, 3.63) is 46.8 Å². The van der Waals surface area contributed by atoms with Crippen LogP contribution >= 0.6 is 18.9 Å². The number of sulfonamides is 1. The second-order valence-electron chi connectivity index (χ2n) is 8.27. The molecule has 3 rings (SSSR count). The molecular formula is C23H26F3N4O7PS2. The van der Waals surface area contributed by atoms with Crippen molar-refractivity contribution in [1.29, 1.82) is 5.26 Å². The van der Waals surface area contributed by atoms with Crippen LogP contribution in [-0.2, 0) is 14.6 Å². The van der Waals surface area contributed by atoms with Crippen LogP contribution in [-0.4, -0.2) is 45.9 Å². The SMILES string of the molecule is Cc1c(S(=O)(=O)NCP(=O)(O)Oc2ccc(C#N)c(F)c2)sc2c(F)c(OCCCN)c(OCCCN)c(F)c12. The third kappa shape index (κ3) is 7.05. The standard InChI is InChI=1S/C23H26F3N4O7PS2/c1-13-17-18(25)20(35-8-2-6-27)21(36-9-3-7-28)19(26)22(17)39-23(13)40(33,34)30-12-38(31,32)37-15-5-4-14(11-29)16(24)10-15/h4-5,10,30H,2-3,6-9,12,27-28H2,1H3,(H,31,32). The molecule has 0 fully saturated rings. The van der Waals surface area contributed by atoms with Crippen molar-refractivity contribution in [2.45, 2.75) is 24.0 Å². The molecule has 0 saturated carbocycles. The fourth-order valence-electron chi connectivity index (χ4n) is 3.43. The third-order valence-corrected chi connectivity index (χ3v) is 9.90. The first-order chi connectivity index (χ1) is 18.9. The lowest BCUT2D eigenvalue weighted by Gasteiger charge is -2.15. The predicted octanol–water partition coefficient (Wildman–Crippen LogP) is 3.45. The highest BCUT2D eigenvalue weighted by Gasteiger charge is 2.32. The summed E-state index contributed by atoms with van der Waals surface area (Å²) >= 11 is 0.385. The summed E-state index contributed by atoms with van der Waals surface area (Å²) in [5.41, 5.74) is 10.4. The van der Waals surface area contributed by atoms with E-state index in [0.717, 1.165) is 12.1 Å². The van der Waals surface area contributed by atoms with Gasteiger partial charge in [-0.25, -0.2) is 26.2 Å². The molecule has 0 aliphatic rings. The van der Waals surface area contributed by atoms with Crippen LogP contribution in [0.3, 0.4) is 0 Å². The Hall–Kier alpha value is -2.90. The number of benzene rings is 2. The fourth-order valence-corrected chi connectivity index (χ4v) is 7.74. The number of nitriles is 1. The zero-order valence-corrected chi connectivity index (χ0v) is 23.6. The van der Waals surface area contributed by atoms with E-state index >= 15 is 8.78 Å². The summed E-state index contributed by atoms with van der Waals surface area (Å²) in [6.07, 6.45) is -0.505.